The lowest BCUT2D eigenvalue weighted by Gasteiger charge is -2.39. The standard InChI is InChI=1S/C13H23N3O2/c1-12(2,3)14-9-11-16-15-10(18-11)8-13(17-4)6-5-7-13/h14H,5-9H2,1-4H3. The summed E-state index contributed by atoms with van der Waals surface area (Å²) in [6, 6.07) is 0. The molecule has 0 atom stereocenters. The highest BCUT2D eigenvalue weighted by molar-refractivity contribution is 4.97. The van der Waals surface area contributed by atoms with Crippen LogP contribution in [0.1, 0.15) is 51.8 Å². The van der Waals surface area contributed by atoms with Crippen LogP contribution in [0.15, 0.2) is 4.42 Å². The van der Waals surface area contributed by atoms with E-state index in [-0.39, 0.29) is 11.1 Å². The van der Waals surface area contributed by atoms with Crippen LogP contribution >= 0.6 is 0 Å². The maximum Gasteiger partial charge on any atom is 0.230 e. The molecule has 1 aliphatic rings. The molecule has 102 valence electrons. The molecule has 2 rings (SSSR count). The van der Waals surface area contributed by atoms with E-state index in [2.05, 4.69) is 36.3 Å². The molecule has 5 nitrogen and oxygen atoms in total. The Morgan fingerprint density at radius 3 is 2.44 bits per heavy atom. The van der Waals surface area contributed by atoms with E-state index in [1.54, 1.807) is 7.11 Å². The average Bonchev–Trinajstić information content (AvgIpc) is 2.67. The van der Waals surface area contributed by atoms with E-state index >= 15 is 0 Å². The zero-order valence-electron chi connectivity index (χ0n) is 11.7. The highest BCUT2D eigenvalue weighted by Gasteiger charge is 2.38. The monoisotopic (exact) mass is 253 g/mol. The minimum atomic E-state index is -0.0543. The molecule has 1 aromatic rings. The predicted molar refractivity (Wildman–Crippen MR) is 68.2 cm³/mol. The van der Waals surface area contributed by atoms with E-state index in [0.717, 1.165) is 19.3 Å². The van der Waals surface area contributed by atoms with Crippen molar-refractivity contribution in [3.8, 4) is 0 Å². The molecule has 0 amide bonds. The Kier molecular flexibility index (Phi) is 3.73. The first-order valence-corrected chi connectivity index (χ1v) is 6.54. The smallest absolute Gasteiger partial charge is 0.230 e. The molecular formula is C13H23N3O2. The minimum absolute atomic E-state index is 0.0519. The number of rotatable bonds is 5. The second-order valence-electron chi connectivity index (χ2n) is 6.11. The van der Waals surface area contributed by atoms with Gasteiger partial charge in [-0.15, -0.1) is 10.2 Å². The Hall–Kier alpha value is -0.940. The van der Waals surface area contributed by atoms with Crippen molar-refractivity contribution >= 4 is 0 Å². The lowest BCUT2D eigenvalue weighted by Crippen LogP contribution is -2.41. The lowest BCUT2D eigenvalue weighted by atomic mass is 9.77. The van der Waals surface area contributed by atoms with Crippen LogP contribution in [0.25, 0.3) is 0 Å². The summed E-state index contributed by atoms with van der Waals surface area (Å²) in [6.07, 6.45) is 4.12. The highest BCUT2D eigenvalue weighted by atomic mass is 16.5. The number of ether oxygens (including phenoxy) is 1. The third kappa shape index (κ3) is 3.29. The van der Waals surface area contributed by atoms with E-state index in [1.165, 1.54) is 6.42 Å². The summed E-state index contributed by atoms with van der Waals surface area (Å²) >= 11 is 0. The third-order valence-corrected chi connectivity index (χ3v) is 3.45. The predicted octanol–water partition coefficient (Wildman–Crippen LogP) is 2.07. The van der Waals surface area contributed by atoms with Crippen molar-refractivity contribution < 1.29 is 9.15 Å². The van der Waals surface area contributed by atoms with Crippen LogP contribution in [0.5, 0.6) is 0 Å². The first kappa shape index (κ1) is 13.5. The van der Waals surface area contributed by atoms with Gasteiger partial charge in [0.25, 0.3) is 0 Å². The molecule has 0 spiro atoms. The van der Waals surface area contributed by atoms with E-state index in [4.69, 9.17) is 9.15 Å². The number of nitrogens with zero attached hydrogens (tertiary/aromatic N) is 2. The zero-order valence-corrected chi connectivity index (χ0v) is 11.7. The average molecular weight is 253 g/mol. The molecule has 0 saturated heterocycles. The Morgan fingerprint density at radius 2 is 1.94 bits per heavy atom. The molecule has 5 heteroatoms. The van der Waals surface area contributed by atoms with Crippen molar-refractivity contribution in [1.29, 1.82) is 0 Å². The van der Waals surface area contributed by atoms with Crippen LogP contribution in [-0.4, -0.2) is 28.4 Å². The first-order valence-electron chi connectivity index (χ1n) is 6.54. The van der Waals surface area contributed by atoms with E-state index in [1.807, 2.05) is 0 Å². The van der Waals surface area contributed by atoms with Gasteiger partial charge in [0.2, 0.25) is 11.8 Å². The molecule has 1 aliphatic carbocycles. The summed E-state index contributed by atoms with van der Waals surface area (Å²) in [7, 11) is 1.76. The van der Waals surface area contributed by atoms with E-state index < -0.39 is 0 Å². The van der Waals surface area contributed by atoms with Gasteiger partial charge in [0.1, 0.15) is 0 Å². The molecule has 18 heavy (non-hydrogen) atoms. The Bertz CT molecular complexity index is 386. The van der Waals surface area contributed by atoms with Crippen LogP contribution in [0.2, 0.25) is 0 Å². The number of methoxy groups -OCH3 is 1. The van der Waals surface area contributed by atoms with Gasteiger partial charge in [0.05, 0.1) is 18.6 Å². The van der Waals surface area contributed by atoms with Crippen molar-refractivity contribution in [2.45, 2.75) is 64.1 Å². The summed E-state index contributed by atoms with van der Waals surface area (Å²) in [6.45, 7) is 6.94. The number of hydrogen-bond donors (Lipinski definition) is 1. The van der Waals surface area contributed by atoms with Crippen molar-refractivity contribution in [2.24, 2.45) is 0 Å². The van der Waals surface area contributed by atoms with E-state index in [9.17, 15) is 0 Å². The van der Waals surface area contributed by atoms with Gasteiger partial charge in [0, 0.05) is 12.6 Å². The normalized spacial score (nSPS) is 18.7. The number of hydrogen-bond acceptors (Lipinski definition) is 5. The fourth-order valence-electron chi connectivity index (χ4n) is 2.07. The Labute approximate surface area is 108 Å². The third-order valence-electron chi connectivity index (χ3n) is 3.45. The van der Waals surface area contributed by atoms with Crippen LogP contribution in [-0.2, 0) is 17.7 Å². The van der Waals surface area contributed by atoms with Crippen molar-refractivity contribution in [2.75, 3.05) is 7.11 Å². The SMILES string of the molecule is COC1(Cc2nnc(CNC(C)(C)C)o2)CCC1. The zero-order chi connectivity index (χ0) is 13.2. The first-order chi connectivity index (χ1) is 8.42. The molecule has 0 bridgehead atoms. The summed E-state index contributed by atoms with van der Waals surface area (Å²) in [5, 5.41) is 11.5. The van der Waals surface area contributed by atoms with Crippen LogP contribution in [0.4, 0.5) is 0 Å². The second kappa shape index (κ2) is 4.97. The minimum Gasteiger partial charge on any atom is -0.424 e. The Morgan fingerprint density at radius 1 is 1.28 bits per heavy atom. The molecule has 0 aromatic carbocycles. The maximum atomic E-state index is 5.65. The van der Waals surface area contributed by atoms with Gasteiger partial charge in [-0.25, -0.2) is 0 Å². The number of aromatic nitrogens is 2. The summed E-state index contributed by atoms with van der Waals surface area (Å²) in [5.41, 5.74) is -0.00236. The van der Waals surface area contributed by atoms with Crippen molar-refractivity contribution in [3.05, 3.63) is 11.8 Å². The van der Waals surface area contributed by atoms with Gasteiger partial charge in [-0.1, -0.05) is 0 Å². The largest absolute Gasteiger partial charge is 0.424 e. The lowest BCUT2D eigenvalue weighted by molar-refractivity contribution is -0.0747. The molecule has 0 radical (unpaired) electrons. The molecular weight excluding hydrogens is 230 g/mol. The molecule has 1 fully saturated rings. The maximum absolute atomic E-state index is 5.65. The van der Waals surface area contributed by atoms with Crippen molar-refractivity contribution in [1.82, 2.24) is 15.5 Å². The summed E-state index contributed by atoms with van der Waals surface area (Å²) in [5.74, 6) is 1.33. The van der Waals surface area contributed by atoms with Gasteiger partial charge in [-0.3, -0.25) is 0 Å². The van der Waals surface area contributed by atoms with Gasteiger partial charge >= 0.3 is 0 Å². The van der Waals surface area contributed by atoms with Gasteiger partial charge in [-0.05, 0) is 40.0 Å². The second-order valence-corrected chi connectivity index (χ2v) is 6.11. The fourth-order valence-corrected chi connectivity index (χ4v) is 2.07. The van der Waals surface area contributed by atoms with Gasteiger partial charge in [0.15, 0.2) is 0 Å². The quantitative estimate of drug-likeness (QED) is 0.870. The van der Waals surface area contributed by atoms with Crippen LogP contribution in [0, 0.1) is 0 Å². The summed E-state index contributed by atoms with van der Waals surface area (Å²) < 4.78 is 11.2. The molecule has 1 heterocycles. The molecule has 1 aromatic heterocycles. The molecule has 0 aliphatic heterocycles. The van der Waals surface area contributed by atoms with Gasteiger partial charge in [-0.2, -0.15) is 0 Å². The molecule has 0 unspecified atom stereocenters. The fraction of sp³-hybridized carbons (Fsp3) is 0.846. The highest BCUT2D eigenvalue weighted by Crippen LogP contribution is 2.37. The molecule has 1 saturated carbocycles. The topological polar surface area (TPSA) is 60.2 Å². The Balaban J connectivity index is 1.90. The molecule has 1 N–H and O–H groups in total. The number of nitrogens with one attached hydrogen (secondary N) is 1. The van der Waals surface area contributed by atoms with Crippen molar-refractivity contribution in [3.63, 3.8) is 0 Å². The van der Waals surface area contributed by atoms with Crippen LogP contribution < -0.4 is 5.32 Å². The van der Waals surface area contributed by atoms with Crippen LogP contribution in [0.3, 0.4) is 0 Å². The van der Waals surface area contributed by atoms with Gasteiger partial charge < -0.3 is 14.5 Å². The summed E-state index contributed by atoms with van der Waals surface area (Å²) in [4.78, 5) is 0. The van der Waals surface area contributed by atoms with E-state index in [0.29, 0.717) is 18.3 Å².